The van der Waals surface area contributed by atoms with Crippen LogP contribution in [0, 0.1) is 0 Å². The van der Waals surface area contributed by atoms with Crippen molar-refractivity contribution in [2.75, 3.05) is 33.2 Å². The van der Waals surface area contributed by atoms with E-state index in [1.807, 2.05) is 0 Å². The standard InChI is InChI=1S/C21H43N5O8/c1-17(27)25(33)15-7-3-5-13-23-19(29)10-12-21(31)26(34)16-8-4-6-14-22-18(28)9-11-20(30)24(2)32/h10,12,17,20-21,27,30-34H,3-9,11,13-16H2,1-2H3,(H,22,28)(H,23,29)/b12-10+. The summed E-state index contributed by atoms with van der Waals surface area (Å²) >= 11 is 0. The van der Waals surface area contributed by atoms with Gasteiger partial charge in [-0.1, -0.05) is 12.8 Å². The third-order valence-corrected chi connectivity index (χ3v) is 4.97. The SMILES string of the molecule is CC(O)N(O)CCCCCNC(=O)/C=C/C(O)N(O)CCCCCNC(=O)CCC(O)N(C)O. The molecule has 8 N–H and O–H groups in total. The first-order valence-electron chi connectivity index (χ1n) is 11.6. The van der Waals surface area contributed by atoms with Crippen molar-refractivity contribution >= 4 is 11.8 Å². The van der Waals surface area contributed by atoms with E-state index in [4.69, 9.17) is 10.3 Å². The Morgan fingerprint density at radius 2 is 1.41 bits per heavy atom. The first kappa shape index (κ1) is 32.3. The molecule has 3 unspecified atom stereocenters. The Morgan fingerprint density at radius 1 is 0.853 bits per heavy atom. The van der Waals surface area contributed by atoms with Crippen LogP contribution in [0.25, 0.3) is 0 Å². The van der Waals surface area contributed by atoms with E-state index in [1.165, 1.54) is 20.0 Å². The molecule has 200 valence electrons. The average Bonchev–Trinajstić information content (AvgIpc) is 2.79. The van der Waals surface area contributed by atoms with E-state index in [2.05, 4.69) is 10.6 Å². The number of carbonyl (C=O) groups is 2. The molecule has 0 aliphatic carbocycles. The van der Waals surface area contributed by atoms with Crippen molar-refractivity contribution in [3.8, 4) is 0 Å². The maximum absolute atomic E-state index is 11.8. The predicted molar refractivity (Wildman–Crippen MR) is 122 cm³/mol. The van der Waals surface area contributed by atoms with Gasteiger partial charge in [0, 0.05) is 45.7 Å². The summed E-state index contributed by atoms with van der Waals surface area (Å²) < 4.78 is 0. The lowest BCUT2D eigenvalue weighted by Crippen LogP contribution is -2.32. The Bertz CT molecular complexity index is 579. The van der Waals surface area contributed by atoms with Crippen LogP contribution in [0.1, 0.15) is 58.3 Å². The Hall–Kier alpha value is -1.68. The van der Waals surface area contributed by atoms with Crippen LogP contribution >= 0.6 is 0 Å². The monoisotopic (exact) mass is 493 g/mol. The molecule has 0 aromatic heterocycles. The number of aliphatic hydroxyl groups is 3. The highest BCUT2D eigenvalue weighted by molar-refractivity contribution is 5.87. The average molecular weight is 494 g/mol. The summed E-state index contributed by atoms with van der Waals surface area (Å²) in [7, 11) is 1.30. The molecule has 0 aromatic rings. The van der Waals surface area contributed by atoms with Gasteiger partial charge in [-0.25, -0.2) is 0 Å². The number of nitrogens with one attached hydrogen (secondary N) is 2. The van der Waals surface area contributed by atoms with E-state index in [9.17, 15) is 30.2 Å². The van der Waals surface area contributed by atoms with Gasteiger partial charge >= 0.3 is 0 Å². The largest absolute Gasteiger partial charge is 0.377 e. The molecule has 0 fully saturated rings. The van der Waals surface area contributed by atoms with Crippen molar-refractivity contribution in [1.82, 2.24) is 25.8 Å². The molecule has 13 nitrogen and oxygen atoms in total. The molecule has 0 aliphatic rings. The van der Waals surface area contributed by atoms with Gasteiger partial charge in [-0.3, -0.25) is 9.59 Å². The maximum atomic E-state index is 11.8. The number of hydrogen-bond acceptors (Lipinski definition) is 11. The number of nitrogens with zero attached hydrogens (tertiary/aromatic N) is 3. The first-order valence-corrected chi connectivity index (χ1v) is 11.6. The van der Waals surface area contributed by atoms with E-state index in [0.717, 1.165) is 22.6 Å². The summed E-state index contributed by atoms with van der Waals surface area (Å²) in [6, 6.07) is 0. The van der Waals surface area contributed by atoms with Crippen LogP contribution in [0.2, 0.25) is 0 Å². The van der Waals surface area contributed by atoms with Gasteiger partial charge in [0.15, 0.2) is 0 Å². The van der Waals surface area contributed by atoms with Gasteiger partial charge in [0.05, 0.1) is 0 Å². The highest BCUT2D eigenvalue weighted by Crippen LogP contribution is 2.02. The van der Waals surface area contributed by atoms with Crippen LogP contribution in [0.4, 0.5) is 0 Å². The van der Waals surface area contributed by atoms with Gasteiger partial charge in [0.2, 0.25) is 11.8 Å². The number of carbonyl (C=O) groups excluding carboxylic acids is 2. The smallest absolute Gasteiger partial charge is 0.243 e. The molecule has 0 bridgehead atoms. The second-order valence-corrected chi connectivity index (χ2v) is 8.09. The van der Waals surface area contributed by atoms with E-state index < -0.39 is 24.6 Å². The summed E-state index contributed by atoms with van der Waals surface area (Å²) in [6.07, 6.45) is 3.29. The van der Waals surface area contributed by atoms with E-state index in [1.54, 1.807) is 0 Å². The topological polar surface area (TPSA) is 189 Å². The third-order valence-electron chi connectivity index (χ3n) is 4.97. The number of hydrogen-bond donors (Lipinski definition) is 8. The molecule has 13 heteroatoms. The first-order chi connectivity index (χ1) is 16.0. The van der Waals surface area contributed by atoms with Crippen molar-refractivity contribution in [3.05, 3.63) is 12.2 Å². The fourth-order valence-electron chi connectivity index (χ4n) is 2.78. The lowest BCUT2D eigenvalue weighted by molar-refractivity contribution is -0.188. The minimum absolute atomic E-state index is 0.0923. The van der Waals surface area contributed by atoms with Crippen molar-refractivity contribution in [1.29, 1.82) is 0 Å². The quantitative estimate of drug-likeness (QED) is 0.0475. The lowest BCUT2D eigenvalue weighted by Gasteiger charge is -2.18. The van der Waals surface area contributed by atoms with E-state index >= 15 is 0 Å². The van der Waals surface area contributed by atoms with Gasteiger partial charge in [0.25, 0.3) is 0 Å². The number of hydroxylamine groups is 6. The van der Waals surface area contributed by atoms with Crippen LogP contribution in [0.3, 0.4) is 0 Å². The molecule has 0 rings (SSSR count). The van der Waals surface area contributed by atoms with E-state index in [0.29, 0.717) is 56.8 Å². The number of aliphatic hydroxyl groups excluding tert-OH is 3. The highest BCUT2D eigenvalue weighted by Gasteiger charge is 2.12. The van der Waals surface area contributed by atoms with Crippen molar-refractivity contribution < 1.29 is 40.5 Å². The minimum atomic E-state index is -1.32. The molecule has 0 aromatic carbocycles. The second kappa shape index (κ2) is 19.6. The molecule has 34 heavy (non-hydrogen) atoms. The fraction of sp³-hybridized carbons (Fsp3) is 0.810. The molecular weight excluding hydrogens is 450 g/mol. The normalized spacial score (nSPS) is 14.7. The lowest BCUT2D eigenvalue weighted by atomic mass is 10.2. The minimum Gasteiger partial charge on any atom is -0.377 e. The van der Waals surface area contributed by atoms with Gasteiger partial charge in [-0.15, -0.1) is 0 Å². The van der Waals surface area contributed by atoms with Gasteiger partial charge in [-0.05, 0) is 45.1 Å². The molecule has 3 atom stereocenters. The Morgan fingerprint density at radius 3 is 1.97 bits per heavy atom. The molecular formula is C21H43N5O8. The molecule has 0 radical (unpaired) electrons. The van der Waals surface area contributed by atoms with Gasteiger partial charge in [0.1, 0.15) is 18.7 Å². The number of amides is 2. The highest BCUT2D eigenvalue weighted by atomic mass is 16.5. The Labute approximate surface area is 201 Å². The number of rotatable bonds is 20. The molecule has 0 spiro atoms. The van der Waals surface area contributed by atoms with Crippen LogP contribution in [-0.4, -0.2) is 110 Å². The second-order valence-electron chi connectivity index (χ2n) is 8.09. The molecule has 2 amide bonds. The zero-order chi connectivity index (χ0) is 25.9. The summed E-state index contributed by atoms with van der Waals surface area (Å²) in [5.74, 6) is -0.620. The number of unbranched alkanes of at least 4 members (excludes halogenated alkanes) is 4. The third kappa shape index (κ3) is 17.8. The van der Waals surface area contributed by atoms with Gasteiger partial charge in [-0.2, -0.15) is 15.2 Å². The molecule has 0 heterocycles. The molecule has 0 saturated carbocycles. The summed E-state index contributed by atoms with van der Waals surface area (Å²) in [6.45, 7) is 2.86. The zero-order valence-corrected chi connectivity index (χ0v) is 20.2. The van der Waals surface area contributed by atoms with Crippen molar-refractivity contribution in [2.24, 2.45) is 0 Å². The van der Waals surface area contributed by atoms with Crippen molar-refractivity contribution in [3.63, 3.8) is 0 Å². The van der Waals surface area contributed by atoms with Crippen molar-refractivity contribution in [2.45, 2.75) is 77.0 Å². The molecule has 0 saturated heterocycles. The molecule has 0 aliphatic heterocycles. The summed E-state index contributed by atoms with van der Waals surface area (Å²) in [5, 5.41) is 64.1. The Kier molecular flexibility index (Phi) is 18.6. The Balaban J connectivity index is 3.79. The van der Waals surface area contributed by atoms with Crippen LogP contribution < -0.4 is 10.6 Å². The maximum Gasteiger partial charge on any atom is 0.243 e. The fourth-order valence-corrected chi connectivity index (χ4v) is 2.78. The van der Waals surface area contributed by atoms with Crippen LogP contribution in [0.15, 0.2) is 12.2 Å². The van der Waals surface area contributed by atoms with Gasteiger partial charge < -0.3 is 41.6 Å². The summed E-state index contributed by atoms with van der Waals surface area (Å²) in [5.41, 5.74) is 0. The zero-order valence-electron chi connectivity index (χ0n) is 20.2. The van der Waals surface area contributed by atoms with Crippen LogP contribution in [-0.2, 0) is 9.59 Å². The van der Waals surface area contributed by atoms with E-state index in [-0.39, 0.29) is 25.3 Å². The summed E-state index contributed by atoms with van der Waals surface area (Å²) in [4.78, 5) is 23.4. The van der Waals surface area contributed by atoms with Crippen LogP contribution in [0.5, 0.6) is 0 Å². The predicted octanol–water partition coefficient (Wildman–Crippen LogP) is -0.426.